The molecule has 1 aromatic heterocycles. The Bertz CT molecular complexity index is 1060. The number of thiophene rings is 1. The first-order chi connectivity index (χ1) is 12.8. The third-order valence-corrected chi connectivity index (χ3v) is 8.04. The molecule has 2 aliphatic rings. The lowest BCUT2D eigenvalue weighted by Crippen LogP contribution is -2.26. The van der Waals surface area contributed by atoms with Gasteiger partial charge in [0.15, 0.2) is 9.84 Å². The summed E-state index contributed by atoms with van der Waals surface area (Å²) in [5.41, 5.74) is 4.35. The van der Waals surface area contributed by atoms with E-state index in [2.05, 4.69) is 17.5 Å². The molecule has 5 nitrogen and oxygen atoms in total. The number of hydrogen-bond donors (Lipinski definition) is 1. The molecule has 1 aromatic carbocycles. The van der Waals surface area contributed by atoms with Gasteiger partial charge in [-0.15, -0.1) is 11.3 Å². The normalized spacial score (nSPS) is 22.1. The predicted molar refractivity (Wildman–Crippen MR) is 103 cm³/mol. The summed E-state index contributed by atoms with van der Waals surface area (Å²) in [6.07, 6.45) is 3.25. The second-order valence-corrected chi connectivity index (χ2v) is 10.3. The molecule has 1 N–H and O–H groups in total. The van der Waals surface area contributed by atoms with Crippen molar-refractivity contribution in [3.05, 3.63) is 51.0 Å². The Kier molecular flexibility index (Phi) is 4.63. The fourth-order valence-electron chi connectivity index (χ4n) is 3.58. The zero-order chi connectivity index (χ0) is 19.2. The lowest BCUT2D eigenvalue weighted by atomic mass is 9.90. The number of halogens is 1. The van der Waals surface area contributed by atoms with E-state index in [0.717, 1.165) is 31.4 Å². The molecule has 8 heteroatoms. The highest BCUT2D eigenvalue weighted by molar-refractivity contribution is 7.91. The van der Waals surface area contributed by atoms with Crippen LogP contribution in [-0.4, -0.2) is 25.8 Å². The number of carbonyl (C=O) groups is 1. The second kappa shape index (κ2) is 6.83. The Labute approximate surface area is 161 Å². The molecule has 1 unspecified atom stereocenters. The topological polar surface area (TPSA) is 75.6 Å². The molecule has 2 aromatic rings. The van der Waals surface area contributed by atoms with E-state index < -0.39 is 15.7 Å². The van der Waals surface area contributed by atoms with Gasteiger partial charge in [-0.05, 0) is 55.0 Å². The Morgan fingerprint density at radius 2 is 2.11 bits per heavy atom. The largest absolute Gasteiger partial charge is 0.281 e. The number of nitrogens with zero attached hydrogens (tertiary/aromatic N) is 1. The molecule has 1 aliphatic carbocycles. The van der Waals surface area contributed by atoms with Crippen LogP contribution >= 0.6 is 11.3 Å². The highest BCUT2D eigenvalue weighted by atomic mass is 32.2. The van der Waals surface area contributed by atoms with Crippen LogP contribution in [0.5, 0.6) is 0 Å². The summed E-state index contributed by atoms with van der Waals surface area (Å²) < 4.78 is 37.9. The van der Waals surface area contributed by atoms with Crippen LogP contribution in [0.15, 0.2) is 34.3 Å². The van der Waals surface area contributed by atoms with Gasteiger partial charge < -0.3 is 0 Å². The lowest BCUT2D eigenvalue weighted by molar-refractivity contribution is 0.0958. The molecular weight excluding hydrogens is 387 g/mol. The average Bonchev–Trinajstić information content (AvgIpc) is 3.04. The van der Waals surface area contributed by atoms with Crippen molar-refractivity contribution in [1.82, 2.24) is 5.43 Å². The molecule has 4 rings (SSSR count). The minimum Gasteiger partial charge on any atom is -0.266 e. The molecular formula is C19H19FN2O3S2. The number of rotatable bonds is 2. The van der Waals surface area contributed by atoms with Gasteiger partial charge in [-0.3, -0.25) is 4.79 Å². The summed E-state index contributed by atoms with van der Waals surface area (Å²) in [7, 11) is -3.45. The number of amides is 1. The molecule has 1 amide bonds. The van der Waals surface area contributed by atoms with Crippen LogP contribution in [0.4, 0.5) is 4.39 Å². The Morgan fingerprint density at radius 1 is 1.30 bits per heavy atom. The van der Waals surface area contributed by atoms with Crippen molar-refractivity contribution >= 4 is 32.8 Å². The predicted octanol–water partition coefficient (Wildman–Crippen LogP) is 3.32. The summed E-state index contributed by atoms with van der Waals surface area (Å²) in [5.74, 6) is -0.337. The minimum absolute atomic E-state index is 0.0590. The van der Waals surface area contributed by atoms with Crippen molar-refractivity contribution in [2.75, 3.05) is 5.75 Å². The van der Waals surface area contributed by atoms with E-state index in [-0.39, 0.29) is 28.5 Å². The smallest absolute Gasteiger partial charge is 0.266 e. The van der Waals surface area contributed by atoms with E-state index in [9.17, 15) is 17.6 Å². The van der Waals surface area contributed by atoms with Gasteiger partial charge in [-0.1, -0.05) is 6.92 Å². The number of sulfone groups is 1. The number of fused-ring (bicyclic) bond motifs is 2. The van der Waals surface area contributed by atoms with E-state index in [1.54, 1.807) is 0 Å². The second-order valence-electron chi connectivity index (χ2n) is 7.12. The highest BCUT2D eigenvalue weighted by Gasteiger charge is 2.28. The van der Waals surface area contributed by atoms with Crippen LogP contribution in [0.25, 0.3) is 0 Å². The monoisotopic (exact) mass is 406 g/mol. The van der Waals surface area contributed by atoms with Gasteiger partial charge in [0, 0.05) is 16.9 Å². The Morgan fingerprint density at radius 3 is 2.93 bits per heavy atom. The molecule has 0 spiro atoms. The quantitative estimate of drug-likeness (QED) is 0.614. The van der Waals surface area contributed by atoms with Crippen LogP contribution in [0.3, 0.4) is 0 Å². The van der Waals surface area contributed by atoms with Gasteiger partial charge in [0.1, 0.15) is 5.82 Å². The molecule has 142 valence electrons. The number of hydrazone groups is 1. The van der Waals surface area contributed by atoms with Crippen LogP contribution in [-0.2, 0) is 22.7 Å². The first kappa shape index (κ1) is 18.3. The zero-order valence-electron chi connectivity index (χ0n) is 14.8. The molecule has 2 heterocycles. The molecule has 0 saturated carbocycles. The molecule has 0 radical (unpaired) electrons. The van der Waals surface area contributed by atoms with E-state index in [1.807, 2.05) is 6.07 Å². The van der Waals surface area contributed by atoms with Crippen molar-refractivity contribution in [2.45, 2.75) is 37.5 Å². The number of carbonyl (C=O) groups excluding carboxylic acids is 1. The van der Waals surface area contributed by atoms with Gasteiger partial charge in [0.25, 0.3) is 5.91 Å². The van der Waals surface area contributed by atoms with E-state index in [1.165, 1.54) is 27.8 Å². The van der Waals surface area contributed by atoms with E-state index in [4.69, 9.17) is 0 Å². The summed E-state index contributed by atoms with van der Waals surface area (Å²) in [6, 6.07) is 5.45. The van der Waals surface area contributed by atoms with Crippen LogP contribution in [0.1, 0.15) is 45.4 Å². The molecule has 0 fully saturated rings. The minimum atomic E-state index is -3.45. The van der Waals surface area contributed by atoms with Crippen molar-refractivity contribution in [3.8, 4) is 0 Å². The SMILES string of the molecule is CC1CCc2sc(C(=O)N/N=C3\CCS(=O)(=O)c4ccc(F)cc43)cc2C1. The first-order valence-corrected chi connectivity index (χ1v) is 11.3. The molecule has 0 bridgehead atoms. The maximum absolute atomic E-state index is 13.6. The fourth-order valence-corrected chi connectivity index (χ4v) is 6.15. The van der Waals surface area contributed by atoms with Gasteiger partial charge in [0.05, 0.1) is 21.2 Å². The van der Waals surface area contributed by atoms with Crippen molar-refractivity contribution in [2.24, 2.45) is 11.0 Å². The highest BCUT2D eigenvalue weighted by Crippen LogP contribution is 2.32. The van der Waals surface area contributed by atoms with Gasteiger partial charge >= 0.3 is 0 Å². The number of hydrogen-bond acceptors (Lipinski definition) is 5. The summed E-state index contributed by atoms with van der Waals surface area (Å²) in [5, 5.41) is 4.12. The van der Waals surface area contributed by atoms with E-state index in [0.29, 0.717) is 16.5 Å². The maximum Gasteiger partial charge on any atom is 0.281 e. The number of nitrogens with one attached hydrogen (secondary N) is 1. The summed E-state index contributed by atoms with van der Waals surface area (Å²) in [4.78, 5) is 14.4. The average molecular weight is 407 g/mol. The van der Waals surface area contributed by atoms with Crippen LogP contribution < -0.4 is 5.43 Å². The number of benzene rings is 1. The van der Waals surface area contributed by atoms with Crippen LogP contribution in [0, 0.1) is 11.7 Å². The van der Waals surface area contributed by atoms with Crippen molar-refractivity contribution in [3.63, 3.8) is 0 Å². The standard InChI is InChI=1S/C19H19FN2O3S2/c1-11-2-4-16-12(8-11)9-17(26-16)19(23)22-21-15-6-7-27(24,25)18-5-3-13(20)10-14(15)18/h3,5,9-11H,2,4,6-8H2,1H3,(H,22,23)/b21-15+. The van der Waals surface area contributed by atoms with Crippen LogP contribution in [0.2, 0.25) is 0 Å². The fraction of sp³-hybridized carbons (Fsp3) is 0.368. The van der Waals surface area contributed by atoms with Crippen molar-refractivity contribution < 1.29 is 17.6 Å². The third-order valence-electron chi connectivity index (χ3n) is 5.04. The molecule has 1 atom stereocenters. The lowest BCUT2D eigenvalue weighted by Gasteiger charge is -2.18. The van der Waals surface area contributed by atoms with Gasteiger partial charge in [0.2, 0.25) is 0 Å². The van der Waals surface area contributed by atoms with E-state index >= 15 is 0 Å². The summed E-state index contributed by atoms with van der Waals surface area (Å²) >= 11 is 1.48. The molecule has 0 saturated heterocycles. The Balaban J connectivity index is 1.58. The Hall–Kier alpha value is -2.06. The maximum atomic E-state index is 13.6. The molecule has 27 heavy (non-hydrogen) atoms. The zero-order valence-corrected chi connectivity index (χ0v) is 16.4. The van der Waals surface area contributed by atoms with Gasteiger partial charge in [-0.25, -0.2) is 18.2 Å². The number of aryl methyl sites for hydroxylation is 1. The first-order valence-electron chi connectivity index (χ1n) is 8.84. The third kappa shape index (κ3) is 3.55. The molecule has 1 aliphatic heterocycles. The van der Waals surface area contributed by atoms with Gasteiger partial charge in [-0.2, -0.15) is 5.10 Å². The summed E-state index contributed by atoms with van der Waals surface area (Å²) in [6.45, 7) is 2.21. The van der Waals surface area contributed by atoms with Crippen molar-refractivity contribution in [1.29, 1.82) is 0 Å².